The monoisotopic (exact) mass is 409 g/mol. The fraction of sp³-hybridized carbons (Fsp3) is 0.318. The van der Waals surface area contributed by atoms with Gasteiger partial charge < -0.3 is 11.2 Å². The highest BCUT2D eigenvalue weighted by molar-refractivity contribution is 7.99. The Hall–Kier alpha value is -2.80. The quantitative estimate of drug-likeness (QED) is 0.436. The zero-order valence-corrected chi connectivity index (χ0v) is 17.8. The zero-order chi connectivity index (χ0) is 20.8. The minimum Gasteiger partial charge on any atom is -0.349 e. The normalized spacial score (nSPS) is 12.1. The van der Waals surface area contributed by atoms with E-state index < -0.39 is 0 Å². The molecule has 2 aromatic carbocycles. The highest BCUT2D eigenvalue weighted by atomic mass is 32.2. The van der Waals surface area contributed by atoms with E-state index in [1.165, 1.54) is 22.0 Å². The van der Waals surface area contributed by atoms with Gasteiger partial charge in [0.1, 0.15) is 0 Å². The summed E-state index contributed by atoms with van der Waals surface area (Å²) in [5.41, 5.74) is 3.28. The minimum absolute atomic E-state index is 0.0631. The first kappa shape index (κ1) is 20.9. The van der Waals surface area contributed by atoms with Crippen LogP contribution in [0.4, 0.5) is 0 Å². The number of aromatic nitrogens is 3. The summed E-state index contributed by atoms with van der Waals surface area (Å²) in [6, 6.07) is 18.0. The number of thioether (sulfide) groups is 1. The van der Waals surface area contributed by atoms with Crippen LogP contribution in [0.1, 0.15) is 37.9 Å². The van der Waals surface area contributed by atoms with Crippen LogP contribution in [0, 0.1) is 5.92 Å². The zero-order valence-electron chi connectivity index (χ0n) is 17.0. The van der Waals surface area contributed by atoms with Crippen molar-refractivity contribution in [2.24, 2.45) is 5.92 Å². The smallest absolute Gasteiger partial charge is 0.230 e. The Kier molecular flexibility index (Phi) is 6.93. The molecule has 3 N–H and O–H groups in total. The third-order valence-corrected chi connectivity index (χ3v) is 5.47. The van der Waals surface area contributed by atoms with Crippen LogP contribution in [0.25, 0.3) is 11.4 Å². The summed E-state index contributed by atoms with van der Waals surface area (Å²) in [7, 11) is 0. The molecule has 3 aromatic rings. The van der Waals surface area contributed by atoms with Crippen molar-refractivity contribution in [3.05, 3.63) is 65.7 Å². The summed E-state index contributed by atoms with van der Waals surface area (Å²) in [4.78, 5) is 12.4. The standard InChI is InChI=1S/C22H27N5OS/c1-15(2)13-17-9-11-18(12-10-17)16(3)24-20(28)14-29-22-26-25-21(27(22)23)19-7-5-4-6-8-19/h4-12,15-16H,13-14,23H2,1-3H3,(H,24,28). The molecule has 1 aromatic heterocycles. The first-order chi connectivity index (χ1) is 13.9. The Bertz CT molecular complexity index is 938. The summed E-state index contributed by atoms with van der Waals surface area (Å²) in [6.07, 6.45) is 1.06. The lowest BCUT2D eigenvalue weighted by Crippen LogP contribution is -2.28. The van der Waals surface area contributed by atoms with Gasteiger partial charge in [-0.3, -0.25) is 4.79 Å². The Labute approximate surface area is 175 Å². The minimum atomic E-state index is -0.0713. The number of carbonyl (C=O) groups is 1. The number of nitrogens with two attached hydrogens (primary N) is 1. The molecule has 6 nitrogen and oxygen atoms in total. The number of hydrogen-bond acceptors (Lipinski definition) is 5. The highest BCUT2D eigenvalue weighted by Gasteiger charge is 2.15. The van der Waals surface area contributed by atoms with Gasteiger partial charge in [0, 0.05) is 5.56 Å². The molecular formula is C22H27N5OS. The average molecular weight is 410 g/mol. The summed E-state index contributed by atoms with van der Waals surface area (Å²) in [6.45, 7) is 6.40. The van der Waals surface area contributed by atoms with Crippen LogP contribution in [-0.4, -0.2) is 26.5 Å². The van der Waals surface area contributed by atoms with Crippen LogP contribution in [0.5, 0.6) is 0 Å². The second-order valence-corrected chi connectivity index (χ2v) is 8.40. The topological polar surface area (TPSA) is 85.8 Å². The van der Waals surface area contributed by atoms with Gasteiger partial charge in [0.15, 0.2) is 5.82 Å². The summed E-state index contributed by atoms with van der Waals surface area (Å²) < 4.78 is 1.42. The van der Waals surface area contributed by atoms with Gasteiger partial charge in [-0.15, -0.1) is 10.2 Å². The molecule has 1 heterocycles. The number of hydrogen-bond donors (Lipinski definition) is 2. The van der Waals surface area contributed by atoms with Crippen molar-refractivity contribution >= 4 is 17.7 Å². The second kappa shape index (κ2) is 9.60. The lowest BCUT2D eigenvalue weighted by atomic mass is 10.00. The van der Waals surface area contributed by atoms with E-state index in [0.717, 1.165) is 17.5 Å². The van der Waals surface area contributed by atoms with E-state index >= 15 is 0 Å². The fourth-order valence-corrected chi connectivity index (χ4v) is 3.74. The molecule has 0 aliphatic rings. The maximum absolute atomic E-state index is 12.4. The van der Waals surface area contributed by atoms with Gasteiger partial charge in [-0.25, -0.2) is 4.68 Å². The maximum Gasteiger partial charge on any atom is 0.230 e. The molecule has 0 saturated heterocycles. The number of rotatable bonds is 8. The van der Waals surface area contributed by atoms with E-state index in [9.17, 15) is 4.79 Å². The molecule has 29 heavy (non-hydrogen) atoms. The van der Waals surface area contributed by atoms with Gasteiger partial charge in [-0.2, -0.15) is 0 Å². The van der Waals surface area contributed by atoms with Crippen molar-refractivity contribution in [3.63, 3.8) is 0 Å². The maximum atomic E-state index is 12.4. The third kappa shape index (κ3) is 5.60. The molecule has 0 aliphatic heterocycles. The molecule has 3 rings (SSSR count). The van der Waals surface area contributed by atoms with Crippen LogP contribution >= 0.6 is 11.8 Å². The van der Waals surface area contributed by atoms with Crippen LogP contribution in [0.3, 0.4) is 0 Å². The molecule has 1 amide bonds. The van der Waals surface area contributed by atoms with Crippen molar-refractivity contribution in [2.45, 2.75) is 38.4 Å². The molecule has 152 valence electrons. The lowest BCUT2D eigenvalue weighted by molar-refractivity contribution is -0.119. The fourth-order valence-electron chi connectivity index (χ4n) is 3.07. The average Bonchev–Trinajstić information content (AvgIpc) is 3.07. The molecule has 0 fully saturated rings. The van der Waals surface area contributed by atoms with Gasteiger partial charge >= 0.3 is 0 Å². The van der Waals surface area contributed by atoms with E-state index in [4.69, 9.17) is 5.84 Å². The first-order valence-electron chi connectivity index (χ1n) is 9.71. The van der Waals surface area contributed by atoms with Crippen molar-refractivity contribution in [3.8, 4) is 11.4 Å². The number of amides is 1. The Morgan fingerprint density at radius 1 is 1.07 bits per heavy atom. The van der Waals surface area contributed by atoms with Crippen LogP contribution in [0.2, 0.25) is 0 Å². The van der Waals surface area contributed by atoms with Crippen LogP contribution in [-0.2, 0) is 11.2 Å². The number of nitrogens with one attached hydrogen (secondary N) is 1. The van der Waals surface area contributed by atoms with E-state index in [0.29, 0.717) is 16.9 Å². The van der Waals surface area contributed by atoms with Crippen LogP contribution < -0.4 is 11.2 Å². The van der Waals surface area contributed by atoms with Gasteiger partial charge in [0.2, 0.25) is 11.1 Å². The Morgan fingerprint density at radius 2 is 1.76 bits per heavy atom. The predicted octanol–water partition coefficient (Wildman–Crippen LogP) is 3.83. The van der Waals surface area contributed by atoms with Crippen molar-refractivity contribution in [2.75, 3.05) is 11.6 Å². The molecule has 0 saturated carbocycles. The Balaban J connectivity index is 1.54. The second-order valence-electron chi connectivity index (χ2n) is 7.46. The van der Waals surface area contributed by atoms with Gasteiger partial charge in [-0.05, 0) is 30.4 Å². The Morgan fingerprint density at radius 3 is 2.41 bits per heavy atom. The molecule has 1 atom stereocenters. The molecule has 7 heteroatoms. The molecule has 0 bridgehead atoms. The first-order valence-corrected chi connectivity index (χ1v) is 10.7. The number of nitrogen functional groups attached to an aromatic ring is 1. The number of nitrogens with zero attached hydrogens (tertiary/aromatic N) is 3. The predicted molar refractivity (Wildman–Crippen MR) is 118 cm³/mol. The number of carbonyl (C=O) groups excluding carboxylic acids is 1. The van der Waals surface area contributed by atoms with E-state index in [1.54, 1.807) is 0 Å². The van der Waals surface area contributed by atoms with Crippen molar-refractivity contribution in [1.82, 2.24) is 20.2 Å². The molecule has 0 aliphatic carbocycles. The van der Waals surface area contributed by atoms with Gasteiger partial charge in [0.25, 0.3) is 0 Å². The molecule has 0 radical (unpaired) electrons. The summed E-state index contributed by atoms with van der Waals surface area (Å²) in [5.74, 6) is 7.45. The largest absolute Gasteiger partial charge is 0.349 e. The van der Waals surface area contributed by atoms with E-state index in [-0.39, 0.29) is 17.7 Å². The van der Waals surface area contributed by atoms with Gasteiger partial charge in [0.05, 0.1) is 11.8 Å². The van der Waals surface area contributed by atoms with Crippen LogP contribution in [0.15, 0.2) is 59.8 Å². The summed E-state index contributed by atoms with van der Waals surface area (Å²) in [5, 5.41) is 11.8. The summed E-state index contributed by atoms with van der Waals surface area (Å²) >= 11 is 1.27. The SMILES string of the molecule is CC(C)Cc1ccc(C(C)NC(=O)CSc2nnc(-c3ccccc3)n2N)cc1. The van der Waals surface area contributed by atoms with Gasteiger partial charge in [-0.1, -0.05) is 80.2 Å². The third-order valence-electron chi connectivity index (χ3n) is 4.53. The molecule has 1 unspecified atom stereocenters. The van der Waals surface area contributed by atoms with E-state index in [2.05, 4.69) is 53.6 Å². The van der Waals surface area contributed by atoms with E-state index in [1.807, 2.05) is 37.3 Å². The molecule has 0 spiro atoms. The molecular weight excluding hydrogens is 382 g/mol. The van der Waals surface area contributed by atoms with Crippen molar-refractivity contribution < 1.29 is 4.79 Å². The number of benzene rings is 2. The van der Waals surface area contributed by atoms with Crippen molar-refractivity contribution in [1.29, 1.82) is 0 Å². The highest BCUT2D eigenvalue weighted by Crippen LogP contribution is 2.21. The lowest BCUT2D eigenvalue weighted by Gasteiger charge is -2.15.